The highest BCUT2D eigenvalue weighted by Crippen LogP contribution is 2.38. The van der Waals surface area contributed by atoms with Crippen molar-refractivity contribution in [1.82, 2.24) is 0 Å². The summed E-state index contributed by atoms with van der Waals surface area (Å²) in [7, 11) is 0. The van der Waals surface area contributed by atoms with Crippen molar-refractivity contribution in [1.29, 1.82) is 0 Å². The van der Waals surface area contributed by atoms with Crippen LogP contribution in [0.2, 0.25) is 0 Å². The Labute approximate surface area is 143 Å². The lowest BCUT2D eigenvalue weighted by Gasteiger charge is -2.24. The monoisotopic (exact) mass is 336 g/mol. The quantitative estimate of drug-likeness (QED) is 0.301. The van der Waals surface area contributed by atoms with E-state index in [2.05, 4.69) is 6.92 Å². The van der Waals surface area contributed by atoms with Crippen molar-refractivity contribution in [3.63, 3.8) is 0 Å². The average molecular weight is 336 g/mol. The van der Waals surface area contributed by atoms with Gasteiger partial charge in [-0.05, 0) is 32.1 Å². The summed E-state index contributed by atoms with van der Waals surface area (Å²) >= 11 is 0. The first-order chi connectivity index (χ1) is 11.6. The van der Waals surface area contributed by atoms with Crippen molar-refractivity contribution in [2.45, 2.75) is 70.8 Å². The van der Waals surface area contributed by atoms with Crippen LogP contribution in [0.15, 0.2) is 12.1 Å². The Morgan fingerprint density at radius 1 is 1.17 bits per heavy atom. The number of ether oxygens (including phenoxy) is 2. The van der Waals surface area contributed by atoms with E-state index in [1.54, 1.807) is 0 Å². The van der Waals surface area contributed by atoms with Crippen LogP contribution in [0.1, 0.15) is 64.7 Å². The van der Waals surface area contributed by atoms with Crippen LogP contribution in [-0.4, -0.2) is 17.6 Å². The smallest absolute Gasteiger partial charge is 0.296 e. The molecule has 0 amide bonds. The largest absolute Gasteiger partial charge is 0.490 e. The van der Waals surface area contributed by atoms with Gasteiger partial charge < -0.3 is 15.2 Å². The highest BCUT2D eigenvalue weighted by Gasteiger charge is 2.22. The number of nitrogens with two attached hydrogens (primary N) is 1. The molecule has 0 unspecified atom stereocenters. The van der Waals surface area contributed by atoms with Gasteiger partial charge in [0.2, 0.25) is 0 Å². The summed E-state index contributed by atoms with van der Waals surface area (Å²) in [6.07, 6.45) is 9.96. The second-order valence-electron chi connectivity index (χ2n) is 6.40. The van der Waals surface area contributed by atoms with E-state index in [4.69, 9.17) is 15.2 Å². The number of nitrogens with zero attached hydrogens (tertiary/aromatic N) is 1. The minimum atomic E-state index is -0.478. The first kappa shape index (κ1) is 18.4. The summed E-state index contributed by atoms with van der Waals surface area (Å²) in [6, 6.07) is 2.93. The van der Waals surface area contributed by atoms with E-state index in [-0.39, 0.29) is 17.5 Å². The summed E-state index contributed by atoms with van der Waals surface area (Å²) in [5.41, 5.74) is 5.78. The number of anilines is 1. The number of hydrogen-bond donors (Lipinski definition) is 1. The van der Waals surface area contributed by atoms with Gasteiger partial charge in [-0.2, -0.15) is 0 Å². The van der Waals surface area contributed by atoms with Gasteiger partial charge in [0.1, 0.15) is 5.69 Å². The van der Waals surface area contributed by atoms with Gasteiger partial charge in [-0.15, -0.1) is 0 Å². The number of unbranched alkanes of at least 4 members (excludes halogenated alkanes) is 3. The molecule has 0 spiro atoms. The van der Waals surface area contributed by atoms with Gasteiger partial charge in [0.15, 0.2) is 11.5 Å². The second-order valence-corrected chi connectivity index (χ2v) is 6.40. The maximum Gasteiger partial charge on any atom is 0.296 e. The molecule has 6 nitrogen and oxygen atoms in total. The van der Waals surface area contributed by atoms with Crippen molar-refractivity contribution >= 4 is 11.4 Å². The predicted molar refractivity (Wildman–Crippen MR) is 94.6 cm³/mol. The molecule has 6 heteroatoms. The molecule has 0 saturated heterocycles. The number of nitro groups is 1. The van der Waals surface area contributed by atoms with E-state index >= 15 is 0 Å². The standard InChI is InChI=1S/C18H28N2O4/c1-2-3-4-8-11-23-17-12-15(19)16(20(21)22)13-18(17)24-14-9-6-5-7-10-14/h12-14H,2-11,19H2,1H3. The van der Waals surface area contributed by atoms with E-state index in [0.717, 1.165) is 38.5 Å². The first-order valence-corrected chi connectivity index (χ1v) is 8.99. The molecule has 0 atom stereocenters. The molecule has 2 N–H and O–H groups in total. The average Bonchev–Trinajstić information content (AvgIpc) is 2.57. The predicted octanol–water partition coefficient (Wildman–Crippen LogP) is 4.85. The lowest BCUT2D eigenvalue weighted by Crippen LogP contribution is -2.20. The SMILES string of the molecule is CCCCCCOc1cc(N)c([N+](=O)[O-])cc1OC1CCCCC1. The number of nitrogen functional groups attached to an aromatic ring is 1. The Morgan fingerprint density at radius 2 is 1.92 bits per heavy atom. The van der Waals surface area contributed by atoms with Crippen LogP contribution in [0.5, 0.6) is 11.5 Å². The molecule has 1 fully saturated rings. The van der Waals surface area contributed by atoms with E-state index < -0.39 is 4.92 Å². The molecule has 1 aliphatic rings. The topological polar surface area (TPSA) is 87.6 Å². The third-order valence-electron chi connectivity index (χ3n) is 4.39. The minimum Gasteiger partial charge on any atom is -0.490 e. The molecule has 0 aromatic heterocycles. The summed E-state index contributed by atoms with van der Waals surface area (Å²) in [5, 5.41) is 11.1. The van der Waals surface area contributed by atoms with E-state index in [1.165, 1.54) is 31.4 Å². The van der Waals surface area contributed by atoms with Gasteiger partial charge in [-0.25, -0.2) is 0 Å². The molecule has 1 aromatic carbocycles. The molecular weight excluding hydrogens is 308 g/mol. The van der Waals surface area contributed by atoms with E-state index in [1.807, 2.05) is 0 Å². The Hall–Kier alpha value is -1.98. The van der Waals surface area contributed by atoms with Crippen molar-refractivity contribution in [3.8, 4) is 11.5 Å². The van der Waals surface area contributed by atoms with Crippen molar-refractivity contribution in [2.24, 2.45) is 0 Å². The third-order valence-corrected chi connectivity index (χ3v) is 4.39. The summed E-state index contributed by atoms with van der Waals surface area (Å²) in [4.78, 5) is 10.7. The summed E-state index contributed by atoms with van der Waals surface area (Å²) < 4.78 is 11.8. The normalized spacial score (nSPS) is 15.2. The third kappa shape index (κ3) is 5.28. The maximum absolute atomic E-state index is 11.1. The van der Waals surface area contributed by atoms with Gasteiger partial charge in [0.25, 0.3) is 5.69 Å². The van der Waals surface area contributed by atoms with Crippen LogP contribution in [0.3, 0.4) is 0 Å². The number of nitro benzene ring substituents is 1. The van der Waals surface area contributed by atoms with Crippen molar-refractivity contribution in [3.05, 3.63) is 22.2 Å². The molecule has 0 aliphatic heterocycles. The van der Waals surface area contributed by atoms with Crippen LogP contribution in [0, 0.1) is 10.1 Å². The van der Waals surface area contributed by atoms with Crippen LogP contribution in [0.4, 0.5) is 11.4 Å². The van der Waals surface area contributed by atoms with Gasteiger partial charge in [-0.3, -0.25) is 10.1 Å². The summed E-state index contributed by atoms with van der Waals surface area (Å²) in [5.74, 6) is 0.957. The molecular formula is C18H28N2O4. The molecule has 1 aliphatic carbocycles. The second kappa shape index (κ2) is 9.35. The van der Waals surface area contributed by atoms with Crippen LogP contribution < -0.4 is 15.2 Å². The Balaban J connectivity index is 2.10. The lowest BCUT2D eigenvalue weighted by atomic mass is 9.98. The van der Waals surface area contributed by atoms with Gasteiger partial charge in [-0.1, -0.05) is 32.6 Å². The van der Waals surface area contributed by atoms with Crippen LogP contribution in [0.25, 0.3) is 0 Å². The zero-order valence-electron chi connectivity index (χ0n) is 14.5. The number of hydrogen-bond acceptors (Lipinski definition) is 5. The fourth-order valence-corrected chi connectivity index (χ4v) is 3.00. The molecule has 1 aromatic rings. The number of benzene rings is 1. The molecule has 1 saturated carbocycles. The highest BCUT2D eigenvalue weighted by molar-refractivity contribution is 5.65. The first-order valence-electron chi connectivity index (χ1n) is 8.99. The molecule has 0 heterocycles. The molecule has 0 radical (unpaired) electrons. The zero-order valence-corrected chi connectivity index (χ0v) is 14.5. The summed E-state index contributed by atoms with van der Waals surface area (Å²) in [6.45, 7) is 2.73. The fraction of sp³-hybridized carbons (Fsp3) is 0.667. The Kier molecular flexibility index (Phi) is 7.15. The molecule has 134 valence electrons. The molecule has 0 bridgehead atoms. The highest BCUT2D eigenvalue weighted by atomic mass is 16.6. The van der Waals surface area contributed by atoms with Gasteiger partial charge in [0.05, 0.1) is 23.7 Å². The van der Waals surface area contributed by atoms with E-state index in [0.29, 0.717) is 18.1 Å². The fourth-order valence-electron chi connectivity index (χ4n) is 3.00. The zero-order chi connectivity index (χ0) is 17.4. The van der Waals surface area contributed by atoms with Gasteiger partial charge >= 0.3 is 0 Å². The molecule has 24 heavy (non-hydrogen) atoms. The maximum atomic E-state index is 11.1. The Bertz CT molecular complexity index is 542. The van der Waals surface area contributed by atoms with Crippen molar-refractivity contribution < 1.29 is 14.4 Å². The van der Waals surface area contributed by atoms with E-state index in [9.17, 15) is 10.1 Å². The minimum absolute atomic E-state index is 0.101. The lowest BCUT2D eigenvalue weighted by molar-refractivity contribution is -0.384. The van der Waals surface area contributed by atoms with Crippen LogP contribution in [-0.2, 0) is 0 Å². The van der Waals surface area contributed by atoms with Crippen LogP contribution >= 0.6 is 0 Å². The van der Waals surface area contributed by atoms with Gasteiger partial charge in [0, 0.05) is 6.07 Å². The van der Waals surface area contributed by atoms with Crippen molar-refractivity contribution in [2.75, 3.05) is 12.3 Å². The number of rotatable bonds is 9. The Morgan fingerprint density at radius 3 is 2.58 bits per heavy atom. The molecule has 2 rings (SSSR count).